The van der Waals surface area contributed by atoms with Gasteiger partial charge in [-0.15, -0.1) is 0 Å². The van der Waals surface area contributed by atoms with Gasteiger partial charge in [0.2, 0.25) is 0 Å². The van der Waals surface area contributed by atoms with Crippen LogP contribution in [0.5, 0.6) is 11.5 Å². The van der Waals surface area contributed by atoms with Crippen molar-refractivity contribution < 1.29 is 27.2 Å². The van der Waals surface area contributed by atoms with Gasteiger partial charge in [-0.1, -0.05) is 37.1 Å². The van der Waals surface area contributed by atoms with E-state index in [9.17, 15) is 10.2 Å². The normalized spacial score (nSPS) is 19.6. The molecule has 2 aromatic carbocycles. The van der Waals surface area contributed by atoms with E-state index in [0.717, 1.165) is 36.8 Å². The predicted molar refractivity (Wildman–Crippen MR) is 109 cm³/mol. The molecular formula is C20H22Cl2N2O2Ti. The Labute approximate surface area is 176 Å². The third kappa shape index (κ3) is 7.30. The van der Waals surface area contributed by atoms with Gasteiger partial charge in [0.1, 0.15) is 11.5 Å². The van der Waals surface area contributed by atoms with Crippen molar-refractivity contribution >= 4 is 31.0 Å². The first-order valence-electron chi connectivity index (χ1n) is 8.74. The van der Waals surface area contributed by atoms with Crippen LogP contribution in [0, 0.1) is 0 Å². The molecule has 0 heterocycles. The number of aromatic hydroxyl groups is 2. The number of hydrogen-bond acceptors (Lipinski definition) is 4. The van der Waals surface area contributed by atoms with Crippen LogP contribution < -0.4 is 0 Å². The summed E-state index contributed by atoms with van der Waals surface area (Å²) >= 11 is -0.556. The van der Waals surface area contributed by atoms with E-state index in [1.807, 2.05) is 24.3 Å². The minimum absolute atomic E-state index is 0.112. The summed E-state index contributed by atoms with van der Waals surface area (Å²) in [6, 6.07) is 14.6. The summed E-state index contributed by atoms with van der Waals surface area (Å²) in [6.07, 6.45) is 7.76. The Morgan fingerprint density at radius 2 is 1.15 bits per heavy atom. The predicted octanol–water partition coefficient (Wildman–Crippen LogP) is 5.32. The molecule has 7 heteroatoms. The molecular weight excluding hydrogens is 419 g/mol. The summed E-state index contributed by atoms with van der Waals surface area (Å²) in [4.78, 5) is 9.34. The average Bonchev–Trinajstić information content (AvgIpc) is 2.68. The van der Waals surface area contributed by atoms with Crippen LogP contribution in [0.15, 0.2) is 58.5 Å². The van der Waals surface area contributed by atoms with Crippen LogP contribution in [0.2, 0.25) is 0 Å². The molecule has 1 fully saturated rings. The number of halogens is 2. The quantitative estimate of drug-likeness (QED) is 0.498. The molecule has 27 heavy (non-hydrogen) atoms. The van der Waals surface area contributed by atoms with Crippen molar-refractivity contribution in [3.8, 4) is 11.5 Å². The maximum atomic E-state index is 9.84. The van der Waals surface area contributed by atoms with Crippen LogP contribution in [0.3, 0.4) is 0 Å². The third-order valence-corrected chi connectivity index (χ3v) is 4.38. The van der Waals surface area contributed by atoms with Crippen molar-refractivity contribution in [1.29, 1.82) is 0 Å². The van der Waals surface area contributed by atoms with E-state index in [2.05, 4.69) is 9.98 Å². The van der Waals surface area contributed by atoms with E-state index in [4.69, 9.17) is 18.6 Å². The van der Waals surface area contributed by atoms with Gasteiger partial charge >= 0.3 is 35.6 Å². The standard InChI is InChI=1S/C20H22N2O2.2ClH.Ti/c23-19-11-5-1-7-15(19)13-21-17-9-3-4-10-18(17)22-14-16-8-2-6-12-20(16)24;;;/h1-2,5-8,11-14,17-18,23-24H,3-4,9-10H2;2*1H;/q;;;+2/p-2. The van der Waals surface area contributed by atoms with Crippen LogP contribution in [0.4, 0.5) is 0 Å². The Kier molecular flexibility index (Phi) is 9.92. The molecule has 142 valence electrons. The van der Waals surface area contributed by atoms with E-state index in [-0.39, 0.29) is 23.6 Å². The van der Waals surface area contributed by atoms with Crippen LogP contribution in [0.1, 0.15) is 36.8 Å². The number of hydrogen-bond donors (Lipinski definition) is 2. The van der Waals surface area contributed by atoms with Gasteiger partial charge in [-0.25, -0.2) is 0 Å². The molecule has 2 unspecified atom stereocenters. The second-order valence-electron chi connectivity index (χ2n) is 6.16. The monoisotopic (exact) mass is 440 g/mol. The van der Waals surface area contributed by atoms with E-state index >= 15 is 0 Å². The molecule has 0 aliphatic heterocycles. The molecule has 0 aromatic heterocycles. The Balaban J connectivity index is 0.000000817. The molecule has 3 rings (SSSR count). The number of phenols is 2. The fourth-order valence-electron chi connectivity index (χ4n) is 2.98. The zero-order valence-electron chi connectivity index (χ0n) is 14.8. The van der Waals surface area contributed by atoms with Gasteiger partial charge in [0, 0.05) is 23.6 Å². The summed E-state index contributed by atoms with van der Waals surface area (Å²) in [7, 11) is 9.78. The molecule has 0 saturated heterocycles. The molecule has 1 aliphatic carbocycles. The molecule has 1 saturated carbocycles. The first kappa shape index (κ1) is 22.0. The van der Waals surface area contributed by atoms with Gasteiger partial charge < -0.3 is 10.2 Å². The first-order chi connectivity index (χ1) is 13.2. The molecule has 2 N–H and O–H groups in total. The number of para-hydroxylation sites is 2. The van der Waals surface area contributed by atoms with Gasteiger partial charge in [0.15, 0.2) is 0 Å². The number of aliphatic imine (C=N–C) groups is 2. The van der Waals surface area contributed by atoms with Crippen molar-refractivity contribution in [2.75, 3.05) is 0 Å². The van der Waals surface area contributed by atoms with Crippen LogP contribution in [0.25, 0.3) is 0 Å². The molecule has 0 amide bonds. The molecule has 1 aliphatic rings. The summed E-state index contributed by atoms with van der Waals surface area (Å²) in [5, 5.41) is 19.7. The number of rotatable bonds is 4. The fourth-order valence-corrected chi connectivity index (χ4v) is 2.98. The Morgan fingerprint density at radius 3 is 1.52 bits per heavy atom. The summed E-state index contributed by atoms with van der Waals surface area (Å²) in [5.41, 5.74) is 1.46. The van der Waals surface area contributed by atoms with E-state index in [1.54, 1.807) is 36.7 Å². The Bertz CT molecular complexity index is 708. The minimum atomic E-state index is -0.556. The van der Waals surface area contributed by atoms with E-state index < -0.39 is 17.0 Å². The molecule has 4 nitrogen and oxygen atoms in total. The van der Waals surface area contributed by atoms with Gasteiger partial charge in [-0.3, -0.25) is 9.98 Å². The second kappa shape index (κ2) is 12.2. The summed E-state index contributed by atoms with van der Waals surface area (Å²) in [5.74, 6) is 0.484. The first-order valence-corrected chi connectivity index (χ1v) is 13.0. The molecule has 0 bridgehead atoms. The number of benzene rings is 2. The van der Waals surface area contributed by atoms with Gasteiger partial charge in [-0.05, 0) is 37.1 Å². The van der Waals surface area contributed by atoms with Gasteiger partial charge in [-0.2, -0.15) is 0 Å². The van der Waals surface area contributed by atoms with Gasteiger partial charge in [0.25, 0.3) is 0 Å². The zero-order valence-corrected chi connectivity index (χ0v) is 17.9. The van der Waals surface area contributed by atoms with Gasteiger partial charge in [0.05, 0.1) is 12.1 Å². The Hall–Kier alpha value is -1.33. The fraction of sp³-hybridized carbons (Fsp3) is 0.300. The molecule has 2 atom stereocenters. The Morgan fingerprint density at radius 1 is 0.778 bits per heavy atom. The van der Waals surface area contributed by atoms with Crippen LogP contribution in [-0.4, -0.2) is 34.7 Å². The maximum absolute atomic E-state index is 9.84. The van der Waals surface area contributed by atoms with Crippen molar-refractivity contribution in [1.82, 2.24) is 0 Å². The molecule has 2 aromatic rings. The second-order valence-corrected chi connectivity index (χ2v) is 8.74. The number of phenolic OH excluding ortho intramolecular Hbond substituents is 2. The van der Waals surface area contributed by atoms with Crippen LogP contribution >= 0.6 is 18.6 Å². The topological polar surface area (TPSA) is 65.2 Å². The SMILES string of the molecule is Oc1ccccc1C=NC1CCCCC1N=Cc1ccccc1O.[Cl][Ti][Cl]. The molecule has 0 spiro atoms. The zero-order chi connectivity index (χ0) is 19.5. The van der Waals surface area contributed by atoms with E-state index in [1.165, 1.54) is 0 Å². The summed E-state index contributed by atoms with van der Waals surface area (Å²) in [6.45, 7) is 0. The van der Waals surface area contributed by atoms with Crippen molar-refractivity contribution in [2.45, 2.75) is 37.8 Å². The third-order valence-electron chi connectivity index (χ3n) is 4.38. The summed E-state index contributed by atoms with van der Waals surface area (Å²) < 4.78 is 0. The van der Waals surface area contributed by atoms with Crippen LogP contribution in [-0.2, 0) is 17.0 Å². The molecule has 0 radical (unpaired) electrons. The van der Waals surface area contributed by atoms with Crippen molar-refractivity contribution in [3.05, 3.63) is 59.7 Å². The number of nitrogens with zero attached hydrogens (tertiary/aromatic N) is 2. The van der Waals surface area contributed by atoms with E-state index in [0.29, 0.717) is 0 Å². The van der Waals surface area contributed by atoms with Crippen molar-refractivity contribution in [2.24, 2.45) is 9.98 Å². The van der Waals surface area contributed by atoms with Crippen molar-refractivity contribution in [3.63, 3.8) is 0 Å². The average molecular weight is 441 g/mol.